The van der Waals surface area contributed by atoms with Crippen molar-refractivity contribution in [3.05, 3.63) is 22.2 Å². The molecule has 1 aliphatic heterocycles. The monoisotopic (exact) mass is 342 g/mol. The first-order valence-corrected chi connectivity index (χ1v) is 7.46. The Morgan fingerprint density at radius 1 is 1.30 bits per heavy atom. The number of fused-ring (bicyclic) bond motifs is 1. The number of carboxylic acid groups (broad SMARTS) is 1. The molecule has 0 aromatic heterocycles. The van der Waals surface area contributed by atoms with Crippen molar-refractivity contribution in [3.8, 4) is 11.5 Å². The zero-order valence-corrected chi connectivity index (χ0v) is 13.3. The molecule has 1 N–H and O–H groups in total. The van der Waals surface area contributed by atoms with E-state index in [4.69, 9.17) is 14.6 Å². The fourth-order valence-corrected chi connectivity index (χ4v) is 2.79. The Labute approximate surface area is 127 Å². The van der Waals surface area contributed by atoms with Crippen LogP contribution < -0.4 is 9.47 Å². The van der Waals surface area contributed by atoms with E-state index in [1.165, 1.54) is 0 Å². The third-order valence-corrected chi connectivity index (χ3v) is 4.15. The third-order valence-electron chi connectivity index (χ3n) is 3.41. The maximum atomic E-state index is 10.8. The van der Waals surface area contributed by atoms with Gasteiger partial charge < -0.3 is 14.6 Å². The van der Waals surface area contributed by atoms with Crippen molar-refractivity contribution in [2.24, 2.45) is 5.41 Å². The summed E-state index contributed by atoms with van der Waals surface area (Å²) in [7, 11) is 0. The van der Waals surface area contributed by atoms with Crippen LogP contribution in [0.5, 0.6) is 11.5 Å². The Balaban J connectivity index is 2.08. The van der Waals surface area contributed by atoms with Gasteiger partial charge in [-0.15, -0.1) is 0 Å². The fraction of sp³-hybridized carbons (Fsp3) is 0.533. The molecule has 1 heterocycles. The second kappa shape index (κ2) is 6.04. The molecule has 2 rings (SSSR count). The summed E-state index contributed by atoms with van der Waals surface area (Å²) in [5, 5.41) is 8.91. The Bertz CT molecular complexity index is 511. The van der Waals surface area contributed by atoms with E-state index in [0.717, 1.165) is 34.4 Å². The summed E-state index contributed by atoms with van der Waals surface area (Å²) in [4.78, 5) is 10.8. The van der Waals surface area contributed by atoms with Crippen LogP contribution in [0.1, 0.15) is 32.3 Å². The van der Waals surface area contributed by atoms with Crippen molar-refractivity contribution in [2.45, 2.75) is 33.1 Å². The van der Waals surface area contributed by atoms with Crippen molar-refractivity contribution >= 4 is 21.9 Å². The Morgan fingerprint density at radius 2 is 1.90 bits per heavy atom. The van der Waals surface area contributed by atoms with E-state index in [0.29, 0.717) is 13.2 Å². The van der Waals surface area contributed by atoms with Gasteiger partial charge in [0.25, 0.3) is 0 Å². The van der Waals surface area contributed by atoms with Gasteiger partial charge in [-0.1, -0.05) is 29.8 Å². The SMILES string of the molecule is CC(C)(CCc1cc2c(cc1Br)OCCO2)CC(=O)O. The minimum absolute atomic E-state index is 0.176. The van der Waals surface area contributed by atoms with Gasteiger partial charge in [0.1, 0.15) is 13.2 Å². The molecule has 0 saturated heterocycles. The maximum Gasteiger partial charge on any atom is 0.303 e. The molecule has 5 heteroatoms. The van der Waals surface area contributed by atoms with Gasteiger partial charge in [-0.2, -0.15) is 0 Å². The van der Waals surface area contributed by atoms with Gasteiger partial charge in [-0.05, 0) is 36.0 Å². The van der Waals surface area contributed by atoms with E-state index in [9.17, 15) is 4.79 Å². The number of carboxylic acids is 1. The summed E-state index contributed by atoms with van der Waals surface area (Å²) in [6.45, 7) is 5.10. The number of rotatable bonds is 5. The largest absolute Gasteiger partial charge is 0.486 e. The van der Waals surface area contributed by atoms with Gasteiger partial charge in [-0.25, -0.2) is 0 Å². The Morgan fingerprint density at radius 3 is 2.50 bits per heavy atom. The summed E-state index contributed by atoms with van der Waals surface area (Å²) >= 11 is 3.54. The van der Waals surface area contributed by atoms with E-state index in [-0.39, 0.29) is 11.8 Å². The zero-order chi connectivity index (χ0) is 14.8. The molecule has 110 valence electrons. The molecule has 0 unspecified atom stereocenters. The average molecular weight is 343 g/mol. The Hall–Kier alpha value is -1.23. The molecule has 0 saturated carbocycles. The first kappa shape index (κ1) is 15.2. The standard InChI is InChI=1S/C15H19BrO4/c1-15(2,9-14(17)18)4-3-10-7-12-13(8-11(10)16)20-6-5-19-12/h7-8H,3-6,9H2,1-2H3,(H,17,18). The highest BCUT2D eigenvalue weighted by Crippen LogP contribution is 2.37. The van der Waals surface area contributed by atoms with Crippen molar-refractivity contribution in [3.63, 3.8) is 0 Å². The molecular weight excluding hydrogens is 324 g/mol. The minimum Gasteiger partial charge on any atom is -0.486 e. The Kier molecular flexibility index (Phi) is 4.58. The molecular formula is C15H19BrO4. The zero-order valence-electron chi connectivity index (χ0n) is 11.7. The van der Waals surface area contributed by atoms with Crippen molar-refractivity contribution < 1.29 is 19.4 Å². The molecule has 0 amide bonds. The summed E-state index contributed by atoms with van der Waals surface area (Å²) in [5.74, 6) is 0.776. The molecule has 4 nitrogen and oxygen atoms in total. The summed E-state index contributed by atoms with van der Waals surface area (Å²) in [5.41, 5.74) is 0.895. The van der Waals surface area contributed by atoms with Crippen LogP contribution in [0.25, 0.3) is 0 Å². The highest BCUT2D eigenvalue weighted by Gasteiger charge is 2.23. The summed E-state index contributed by atoms with van der Waals surface area (Å²) < 4.78 is 12.1. The quantitative estimate of drug-likeness (QED) is 0.887. The number of ether oxygens (including phenoxy) is 2. The van der Waals surface area contributed by atoms with Crippen LogP contribution in [-0.2, 0) is 11.2 Å². The lowest BCUT2D eigenvalue weighted by Crippen LogP contribution is -2.18. The van der Waals surface area contributed by atoms with Crippen LogP contribution in [-0.4, -0.2) is 24.3 Å². The normalized spacial score (nSPS) is 14.2. The summed E-state index contributed by atoms with van der Waals surface area (Å²) in [6.07, 6.45) is 1.78. The van der Waals surface area contributed by atoms with Crippen LogP contribution in [0.15, 0.2) is 16.6 Å². The van der Waals surface area contributed by atoms with Crippen LogP contribution in [0.4, 0.5) is 0 Å². The molecule has 20 heavy (non-hydrogen) atoms. The molecule has 0 spiro atoms. The van der Waals surface area contributed by atoms with Crippen LogP contribution in [0, 0.1) is 5.41 Å². The van der Waals surface area contributed by atoms with Gasteiger partial charge in [-0.3, -0.25) is 4.79 Å². The highest BCUT2D eigenvalue weighted by molar-refractivity contribution is 9.10. The van der Waals surface area contributed by atoms with Crippen LogP contribution in [0.2, 0.25) is 0 Å². The first-order valence-electron chi connectivity index (χ1n) is 6.67. The maximum absolute atomic E-state index is 10.8. The first-order chi connectivity index (χ1) is 9.37. The van der Waals surface area contributed by atoms with Gasteiger partial charge in [0.15, 0.2) is 11.5 Å². The smallest absolute Gasteiger partial charge is 0.303 e. The van der Waals surface area contributed by atoms with Crippen LogP contribution in [0.3, 0.4) is 0 Å². The highest BCUT2D eigenvalue weighted by atomic mass is 79.9. The predicted octanol–water partition coefficient (Wildman–Crippen LogP) is 3.65. The topological polar surface area (TPSA) is 55.8 Å². The predicted molar refractivity (Wildman–Crippen MR) is 79.5 cm³/mol. The minimum atomic E-state index is -0.753. The van der Waals surface area contributed by atoms with E-state index >= 15 is 0 Å². The lowest BCUT2D eigenvalue weighted by Gasteiger charge is -2.24. The average Bonchev–Trinajstić information content (AvgIpc) is 2.34. The van der Waals surface area contributed by atoms with E-state index in [1.807, 2.05) is 26.0 Å². The summed E-state index contributed by atoms with van der Waals surface area (Å²) in [6, 6.07) is 3.91. The molecule has 0 atom stereocenters. The number of benzene rings is 1. The van der Waals surface area contributed by atoms with Gasteiger partial charge in [0.2, 0.25) is 0 Å². The van der Waals surface area contributed by atoms with E-state index < -0.39 is 5.97 Å². The van der Waals surface area contributed by atoms with Crippen molar-refractivity contribution in [2.75, 3.05) is 13.2 Å². The lowest BCUT2D eigenvalue weighted by atomic mass is 9.83. The van der Waals surface area contributed by atoms with Gasteiger partial charge in [0.05, 0.1) is 6.42 Å². The van der Waals surface area contributed by atoms with E-state index in [2.05, 4.69) is 15.9 Å². The second-order valence-electron chi connectivity index (χ2n) is 5.82. The number of hydrogen-bond donors (Lipinski definition) is 1. The molecule has 1 aromatic carbocycles. The molecule has 0 fully saturated rings. The number of halogens is 1. The molecule has 0 bridgehead atoms. The molecule has 0 aliphatic carbocycles. The number of hydrogen-bond acceptors (Lipinski definition) is 3. The fourth-order valence-electron chi connectivity index (χ4n) is 2.27. The number of aliphatic carboxylic acids is 1. The van der Waals surface area contributed by atoms with Gasteiger partial charge >= 0.3 is 5.97 Å². The van der Waals surface area contributed by atoms with Crippen molar-refractivity contribution in [1.82, 2.24) is 0 Å². The molecule has 1 aliphatic rings. The third kappa shape index (κ3) is 3.88. The molecule has 0 radical (unpaired) electrons. The number of carbonyl (C=O) groups is 1. The van der Waals surface area contributed by atoms with Crippen LogP contribution >= 0.6 is 15.9 Å². The van der Waals surface area contributed by atoms with E-state index in [1.54, 1.807) is 0 Å². The second-order valence-corrected chi connectivity index (χ2v) is 6.68. The number of aryl methyl sites for hydroxylation is 1. The van der Waals surface area contributed by atoms with Gasteiger partial charge in [0, 0.05) is 4.47 Å². The molecule has 1 aromatic rings. The lowest BCUT2D eigenvalue weighted by molar-refractivity contribution is -0.139. The van der Waals surface area contributed by atoms with Crippen molar-refractivity contribution in [1.29, 1.82) is 0 Å².